The molecular formula is C22H25NO3. The number of ketones is 1. The first-order valence-electron chi connectivity index (χ1n) is 8.85. The number of carbonyl (C=O) groups is 2. The van der Waals surface area contributed by atoms with Crippen LogP contribution in [0.5, 0.6) is 0 Å². The fourth-order valence-corrected chi connectivity index (χ4v) is 2.70. The highest BCUT2D eigenvalue weighted by atomic mass is 16.5. The number of rotatable bonds is 8. The second-order valence-electron chi connectivity index (χ2n) is 6.02. The number of alkyl carbamates (subject to hydrolysis) is 1. The van der Waals surface area contributed by atoms with Crippen molar-refractivity contribution < 1.29 is 14.3 Å². The molecule has 0 bridgehead atoms. The van der Waals surface area contributed by atoms with Gasteiger partial charge in [-0.1, -0.05) is 74.0 Å². The largest absolute Gasteiger partial charge is 0.453 e. The first-order valence-corrected chi connectivity index (χ1v) is 8.85. The number of amides is 1. The van der Waals surface area contributed by atoms with Crippen molar-refractivity contribution in [2.24, 2.45) is 0 Å². The summed E-state index contributed by atoms with van der Waals surface area (Å²) in [5.41, 5.74) is 2.31. The molecule has 4 nitrogen and oxygen atoms in total. The van der Waals surface area contributed by atoms with E-state index in [2.05, 4.69) is 12.2 Å². The van der Waals surface area contributed by atoms with Gasteiger partial charge >= 0.3 is 6.09 Å². The molecule has 1 N–H and O–H groups in total. The van der Waals surface area contributed by atoms with Gasteiger partial charge in [0, 0.05) is 12.0 Å². The van der Waals surface area contributed by atoms with E-state index in [1.54, 1.807) is 0 Å². The maximum Gasteiger partial charge on any atom is 0.407 e. The van der Waals surface area contributed by atoms with Crippen molar-refractivity contribution >= 4 is 18.0 Å². The van der Waals surface area contributed by atoms with Crippen LogP contribution in [0.3, 0.4) is 0 Å². The highest BCUT2D eigenvalue weighted by Gasteiger charge is 2.24. The Labute approximate surface area is 154 Å². The average molecular weight is 351 g/mol. The lowest BCUT2D eigenvalue weighted by Gasteiger charge is -2.21. The van der Waals surface area contributed by atoms with E-state index >= 15 is 0 Å². The van der Waals surface area contributed by atoms with Crippen LogP contribution in [0.1, 0.15) is 43.4 Å². The van der Waals surface area contributed by atoms with Crippen molar-refractivity contribution in [3.8, 4) is 0 Å². The van der Waals surface area contributed by atoms with E-state index in [-0.39, 0.29) is 5.78 Å². The molecular weight excluding hydrogens is 326 g/mol. The first kappa shape index (κ1) is 19.4. The van der Waals surface area contributed by atoms with Gasteiger partial charge in [-0.2, -0.15) is 0 Å². The van der Waals surface area contributed by atoms with Crippen molar-refractivity contribution in [2.45, 2.75) is 32.2 Å². The molecule has 1 atom stereocenters. The Kier molecular flexibility index (Phi) is 7.62. The molecule has 0 aliphatic heterocycles. The lowest BCUT2D eigenvalue weighted by molar-refractivity contribution is -0.115. The summed E-state index contributed by atoms with van der Waals surface area (Å²) in [6.45, 7) is 2.05. The molecule has 0 heterocycles. The van der Waals surface area contributed by atoms with E-state index < -0.39 is 12.1 Å². The van der Waals surface area contributed by atoms with Gasteiger partial charge in [0.25, 0.3) is 0 Å². The number of carbonyl (C=O) groups excluding carboxylic acids is 2. The number of benzene rings is 2. The third kappa shape index (κ3) is 5.59. The molecule has 2 aromatic carbocycles. The highest BCUT2D eigenvalue weighted by Crippen LogP contribution is 2.26. The Morgan fingerprint density at radius 2 is 1.65 bits per heavy atom. The monoisotopic (exact) mass is 351 g/mol. The number of unbranched alkanes of at least 4 members (excludes halogenated alkanes) is 1. The summed E-state index contributed by atoms with van der Waals surface area (Å²) in [7, 11) is 1.32. The van der Waals surface area contributed by atoms with E-state index in [1.165, 1.54) is 7.11 Å². The van der Waals surface area contributed by atoms with Crippen LogP contribution in [0.4, 0.5) is 4.79 Å². The van der Waals surface area contributed by atoms with E-state index in [4.69, 9.17) is 4.74 Å². The molecule has 26 heavy (non-hydrogen) atoms. The summed E-state index contributed by atoms with van der Waals surface area (Å²) in [5.74, 6) is 0.0287. The zero-order valence-electron chi connectivity index (χ0n) is 15.3. The first-order chi connectivity index (χ1) is 12.7. The molecule has 0 fully saturated rings. The number of nitrogens with one attached hydrogen (secondary N) is 1. The summed E-state index contributed by atoms with van der Waals surface area (Å²) >= 11 is 0. The molecule has 0 spiro atoms. The summed E-state index contributed by atoms with van der Waals surface area (Å²) < 4.78 is 4.77. The molecule has 0 aromatic heterocycles. The molecule has 0 saturated heterocycles. The van der Waals surface area contributed by atoms with Crippen molar-refractivity contribution in [1.29, 1.82) is 0 Å². The maximum absolute atomic E-state index is 12.9. The van der Waals surface area contributed by atoms with Crippen molar-refractivity contribution in [1.82, 2.24) is 5.32 Å². The van der Waals surface area contributed by atoms with Crippen LogP contribution in [-0.2, 0) is 9.53 Å². The quantitative estimate of drug-likeness (QED) is 0.686. The van der Waals surface area contributed by atoms with Crippen LogP contribution >= 0.6 is 0 Å². The molecule has 0 aliphatic carbocycles. The summed E-state index contributed by atoms with van der Waals surface area (Å²) in [6.07, 6.45) is 3.48. The van der Waals surface area contributed by atoms with Gasteiger partial charge in [0.05, 0.1) is 13.2 Å². The summed E-state index contributed by atoms with van der Waals surface area (Å²) in [6, 6.07) is 18.6. The minimum Gasteiger partial charge on any atom is -0.453 e. The second-order valence-corrected chi connectivity index (χ2v) is 6.02. The second kappa shape index (κ2) is 10.2. The van der Waals surface area contributed by atoms with Gasteiger partial charge in [-0.25, -0.2) is 4.79 Å². The molecule has 4 heteroatoms. The van der Waals surface area contributed by atoms with Crippen LogP contribution in [0.2, 0.25) is 0 Å². The fraction of sp³-hybridized carbons (Fsp3) is 0.273. The predicted octanol–water partition coefficient (Wildman–Crippen LogP) is 4.93. The van der Waals surface area contributed by atoms with E-state index in [9.17, 15) is 9.59 Å². The Hall–Kier alpha value is -2.88. The number of methoxy groups -OCH3 is 1. The van der Waals surface area contributed by atoms with Crippen LogP contribution < -0.4 is 5.32 Å². The van der Waals surface area contributed by atoms with Gasteiger partial charge in [-0.15, -0.1) is 0 Å². The standard InChI is InChI=1S/C22H25NO3/c1-3-4-15-20(24)19(16-17-11-7-5-8-12-17)21(23-22(25)26-2)18-13-9-6-10-14-18/h5-14,16,21H,3-4,15H2,1-2H3,(H,23,25)/b19-16+. The molecule has 0 radical (unpaired) electrons. The normalized spacial score (nSPS) is 12.3. The molecule has 1 amide bonds. The SMILES string of the molecule is CCCCC(=O)/C(=C\c1ccccc1)C(NC(=O)OC)c1ccccc1. The van der Waals surface area contributed by atoms with Crippen LogP contribution in [0.15, 0.2) is 66.2 Å². The number of hydrogen-bond donors (Lipinski definition) is 1. The minimum absolute atomic E-state index is 0.0287. The lowest BCUT2D eigenvalue weighted by atomic mass is 9.91. The smallest absolute Gasteiger partial charge is 0.407 e. The van der Waals surface area contributed by atoms with Crippen molar-refractivity contribution in [3.63, 3.8) is 0 Å². The van der Waals surface area contributed by atoms with Crippen molar-refractivity contribution in [2.75, 3.05) is 7.11 Å². The maximum atomic E-state index is 12.9. The zero-order chi connectivity index (χ0) is 18.8. The van der Waals surface area contributed by atoms with Gasteiger partial charge in [0.15, 0.2) is 5.78 Å². The van der Waals surface area contributed by atoms with Gasteiger partial charge in [0.2, 0.25) is 0 Å². The predicted molar refractivity (Wildman–Crippen MR) is 104 cm³/mol. The van der Waals surface area contributed by atoms with Gasteiger partial charge < -0.3 is 10.1 Å². The molecule has 0 saturated carbocycles. The third-order valence-corrected chi connectivity index (χ3v) is 4.09. The van der Waals surface area contributed by atoms with E-state index in [0.717, 1.165) is 24.0 Å². The molecule has 2 aromatic rings. The molecule has 0 aliphatic rings. The topological polar surface area (TPSA) is 55.4 Å². The third-order valence-electron chi connectivity index (χ3n) is 4.09. The van der Waals surface area contributed by atoms with E-state index in [0.29, 0.717) is 12.0 Å². The Bertz CT molecular complexity index is 738. The summed E-state index contributed by atoms with van der Waals surface area (Å²) in [4.78, 5) is 24.8. The summed E-state index contributed by atoms with van der Waals surface area (Å²) in [5, 5.41) is 2.81. The zero-order valence-corrected chi connectivity index (χ0v) is 15.3. The van der Waals surface area contributed by atoms with E-state index in [1.807, 2.05) is 66.7 Å². The van der Waals surface area contributed by atoms with Gasteiger partial charge in [-0.3, -0.25) is 4.79 Å². The van der Waals surface area contributed by atoms with Gasteiger partial charge in [0.1, 0.15) is 0 Å². The Morgan fingerprint density at radius 3 is 2.23 bits per heavy atom. The molecule has 1 unspecified atom stereocenters. The molecule has 136 valence electrons. The minimum atomic E-state index is -0.568. The fourth-order valence-electron chi connectivity index (χ4n) is 2.70. The van der Waals surface area contributed by atoms with Crippen LogP contribution in [-0.4, -0.2) is 19.0 Å². The Balaban J connectivity index is 2.47. The molecule has 2 rings (SSSR count). The number of ether oxygens (including phenoxy) is 1. The average Bonchev–Trinajstić information content (AvgIpc) is 2.70. The van der Waals surface area contributed by atoms with Crippen LogP contribution in [0.25, 0.3) is 6.08 Å². The van der Waals surface area contributed by atoms with Crippen LogP contribution in [0, 0.1) is 0 Å². The number of Topliss-reactive ketones (excluding diaryl/α,β-unsaturated/α-hetero) is 1. The number of hydrogen-bond acceptors (Lipinski definition) is 3. The lowest BCUT2D eigenvalue weighted by Crippen LogP contribution is -2.31. The highest BCUT2D eigenvalue weighted by molar-refractivity contribution is 6.01. The Morgan fingerprint density at radius 1 is 1.04 bits per heavy atom. The van der Waals surface area contributed by atoms with Gasteiger partial charge in [-0.05, 0) is 23.6 Å². The van der Waals surface area contributed by atoms with Crippen molar-refractivity contribution in [3.05, 3.63) is 77.4 Å².